The number of carbonyl (C=O) groups excluding carboxylic acids is 2. The van der Waals surface area contributed by atoms with E-state index in [0.29, 0.717) is 35.5 Å². The smallest absolute Gasteiger partial charge is 0.362 e. The number of hydrogen-bond donors (Lipinski definition) is 2. The SMILES string of the molecule is Cc1c(O)c(N2CCCN(C3CC3)C2=O)cc2c1CN(C(=O)c1c(Sc3c(Cl)cccc3Cl)cc(C(F)(F)Cl)[nH]c1=O)C2. The number of benzene rings is 2. The van der Waals surface area contributed by atoms with Crippen molar-refractivity contribution in [2.45, 2.75) is 60.5 Å². The Bertz CT molecular complexity index is 1710. The van der Waals surface area contributed by atoms with Gasteiger partial charge in [-0.2, -0.15) is 8.78 Å². The summed E-state index contributed by atoms with van der Waals surface area (Å²) >= 11 is 18.6. The largest absolute Gasteiger partial charge is 0.505 e. The molecule has 3 aromatic rings. The highest BCUT2D eigenvalue weighted by Crippen LogP contribution is 2.44. The van der Waals surface area contributed by atoms with Gasteiger partial charge < -0.3 is 19.9 Å². The lowest BCUT2D eigenvalue weighted by Crippen LogP contribution is -2.50. The molecule has 0 unspecified atom stereocenters. The molecular formula is C29H25Cl3F2N4O4S. The van der Waals surface area contributed by atoms with E-state index in [9.17, 15) is 28.3 Å². The Morgan fingerprint density at radius 2 is 1.81 bits per heavy atom. The number of amides is 3. The van der Waals surface area contributed by atoms with Crippen LogP contribution in [0.5, 0.6) is 5.75 Å². The van der Waals surface area contributed by atoms with E-state index >= 15 is 0 Å². The highest BCUT2D eigenvalue weighted by Gasteiger charge is 2.40. The molecule has 0 spiro atoms. The second-order valence-electron chi connectivity index (χ2n) is 10.8. The number of urea groups is 1. The fourth-order valence-electron chi connectivity index (χ4n) is 5.57. The Balaban J connectivity index is 1.35. The van der Waals surface area contributed by atoms with Crippen LogP contribution < -0.4 is 10.5 Å². The second-order valence-corrected chi connectivity index (χ2v) is 13.1. The molecule has 2 aliphatic heterocycles. The number of hydrogen-bond acceptors (Lipinski definition) is 5. The van der Waals surface area contributed by atoms with Gasteiger partial charge in [-0.3, -0.25) is 14.5 Å². The van der Waals surface area contributed by atoms with Gasteiger partial charge in [0.2, 0.25) is 0 Å². The number of phenols is 1. The molecule has 1 saturated carbocycles. The number of aromatic amines is 1. The summed E-state index contributed by atoms with van der Waals surface area (Å²) in [6.45, 7) is 2.97. The Morgan fingerprint density at radius 1 is 1.12 bits per heavy atom. The molecule has 6 rings (SSSR count). The van der Waals surface area contributed by atoms with Crippen molar-refractivity contribution in [2.75, 3.05) is 18.0 Å². The molecule has 1 aliphatic carbocycles. The van der Waals surface area contributed by atoms with Crippen molar-refractivity contribution in [1.29, 1.82) is 0 Å². The quantitative estimate of drug-likeness (QED) is 0.274. The number of fused-ring (bicyclic) bond motifs is 1. The van der Waals surface area contributed by atoms with E-state index in [-0.39, 0.29) is 56.3 Å². The Hall–Kier alpha value is -2.99. The van der Waals surface area contributed by atoms with Crippen molar-refractivity contribution in [2.24, 2.45) is 0 Å². The molecule has 3 heterocycles. The number of aromatic hydroxyl groups is 1. The van der Waals surface area contributed by atoms with Crippen LogP contribution in [-0.4, -0.2) is 51.0 Å². The minimum atomic E-state index is -3.91. The first-order valence-electron chi connectivity index (χ1n) is 13.5. The average molecular weight is 670 g/mol. The molecule has 2 fully saturated rings. The first kappa shape index (κ1) is 30.1. The van der Waals surface area contributed by atoms with E-state index in [0.717, 1.165) is 37.1 Å². The van der Waals surface area contributed by atoms with Crippen LogP contribution >= 0.6 is 46.6 Å². The molecular weight excluding hydrogens is 645 g/mol. The number of halogens is 5. The van der Waals surface area contributed by atoms with Crippen LogP contribution in [0.1, 0.15) is 52.0 Å². The number of nitrogens with zero attached hydrogens (tertiary/aromatic N) is 3. The molecule has 0 radical (unpaired) electrons. The van der Waals surface area contributed by atoms with Crippen LogP contribution in [0, 0.1) is 6.92 Å². The summed E-state index contributed by atoms with van der Waals surface area (Å²) in [7, 11) is 0. The molecule has 8 nitrogen and oxygen atoms in total. The fraction of sp³-hybridized carbons (Fsp3) is 0.345. The highest BCUT2D eigenvalue weighted by molar-refractivity contribution is 7.99. The standard InChI is InChI=1S/C29H25Cl3F2N4O4S/c1-14-17-13-36(12-15(17)10-20(24(14)39)38-9-3-8-37(28(38)42)16-6-7-16)27(41)23-21(11-22(29(32,33)34)35-26(23)40)43-25-18(30)4-2-5-19(25)31/h2,4-5,10-11,16,39H,3,6-9,12-13H2,1H3,(H,35,40). The first-order chi connectivity index (χ1) is 20.3. The van der Waals surface area contributed by atoms with Crippen LogP contribution in [0.15, 0.2) is 44.9 Å². The van der Waals surface area contributed by atoms with E-state index in [1.165, 1.54) is 4.90 Å². The van der Waals surface area contributed by atoms with Gasteiger partial charge >= 0.3 is 11.4 Å². The lowest BCUT2D eigenvalue weighted by molar-refractivity contribution is 0.0740. The second kappa shape index (κ2) is 11.2. The topological polar surface area (TPSA) is 96.9 Å². The molecule has 2 aromatic carbocycles. The van der Waals surface area contributed by atoms with Crippen LogP contribution in [-0.2, 0) is 18.5 Å². The lowest BCUT2D eigenvalue weighted by Gasteiger charge is -2.36. The number of H-pyrrole nitrogens is 1. The average Bonchev–Trinajstić information content (AvgIpc) is 3.70. The summed E-state index contributed by atoms with van der Waals surface area (Å²) in [5.74, 6) is -0.767. The first-order valence-corrected chi connectivity index (χ1v) is 15.5. The molecule has 0 atom stereocenters. The van der Waals surface area contributed by atoms with Crippen molar-refractivity contribution in [3.63, 3.8) is 0 Å². The van der Waals surface area contributed by atoms with E-state index < -0.39 is 22.5 Å². The van der Waals surface area contributed by atoms with E-state index in [4.69, 9.17) is 34.8 Å². The molecule has 3 amide bonds. The maximum absolute atomic E-state index is 14.1. The number of alkyl halides is 3. The van der Waals surface area contributed by atoms with E-state index in [2.05, 4.69) is 0 Å². The highest BCUT2D eigenvalue weighted by atomic mass is 35.5. The Kier molecular flexibility index (Phi) is 7.81. The minimum Gasteiger partial charge on any atom is -0.505 e. The van der Waals surface area contributed by atoms with E-state index in [1.54, 1.807) is 36.1 Å². The number of pyridine rings is 1. The number of carbonyl (C=O) groups is 2. The van der Waals surface area contributed by atoms with Crippen LogP contribution in [0.25, 0.3) is 0 Å². The predicted molar refractivity (Wildman–Crippen MR) is 161 cm³/mol. The van der Waals surface area contributed by atoms with Crippen molar-refractivity contribution in [1.82, 2.24) is 14.8 Å². The van der Waals surface area contributed by atoms with Gasteiger partial charge in [0.05, 0.1) is 15.7 Å². The van der Waals surface area contributed by atoms with Crippen molar-refractivity contribution in [3.05, 3.63) is 78.7 Å². The summed E-state index contributed by atoms with van der Waals surface area (Å²) in [6.07, 6.45) is 2.70. The van der Waals surface area contributed by atoms with Gasteiger partial charge in [0, 0.05) is 42.0 Å². The van der Waals surface area contributed by atoms with Gasteiger partial charge in [0.25, 0.3) is 11.5 Å². The molecule has 1 saturated heterocycles. The van der Waals surface area contributed by atoms with Crippen molar-refractivity contribution < 1.29 is 23.5 Å². The van der Waals surface area contributed by atoms with Gasteiger partial charge in [0.1, 0.15) is 17.0 Å². The maximum atomic E-state index is 14.1. The molecule has 3 aliphatic rings. The normalized spacial score (nSPS) is 17.1. The lowest BCUT2D eigenvalue weighted by atomic mass is 10.0. The molecule has 226 valence electrons. The number of phenolic OH excluding ortho intramolecular Hbond substituents is 1. The predicted octanol–water partition coefficient (Wildman–Crippen LogP) is 7.09. The maximum Gasteiger partial charge on any atom is 0.362 e. The third-order valence-electron chi connectivity index (χ3n) is 7.93. The zero-order valence-electron chi connectivity index (χ0n) is 22.7. The third-order valence-corrected chi connectivity index (χ3v) is 10.2. The number of rotatable bonds is 6. The monoisotopic (exact) mass is 668 g/mol. The van der Waals surface area contributed by atoms with Crippen LogP contribution in [0.3, 0.4) is 0 Å². The molecule has 43 heavy (non-hydrogen) atoms. The zero-order valence-corrected chi connectivity index (χ0v) is 25.8. The fourth-order valence-corrected chi connectivity index (χ4v) is 7.31. The van der Waals surface area contributed by atoms with Crippen molar-refractivity contribution in [3.8, 4) is 5.75 Å². The van der Waals surface area contributed by atoms with Gasteiger partial charge in [-0.15, -0.1) is 0 Å². The zero-order chi connectivity index (χ0) is 30.8. The molecule has 14 heteroatoms. The number of anilines is 1. The third kappa shape index (κ3) is 5.56. The van der Waals surface area contributed by atoms with E-state index in [1.807, 2.05) is 9.88 Å². The molecule has 0 bridgehead atoms. The Morgan fingerprint density at radius 3 is 2.47 bits per heavy atom. The number of aromatic nitrogens is 1. The number of nitrogens with one attached hydrogen (secondary N) is 1. The van der Waals surface area contributed by atoms with Gasteiger partial charge in [-0.1, -0.05) is 41.0 Å². The van der Waals surface area contributed by atoms with Gasteiger partial charge in [-0.05, 0) is 78.7 Å². The Labute approximate surface area is 264 Å². The summed E-state index contributed by atoms with van der Waals surface area (Å²) in [4.78, 5) is 47.4. The summed E-state index contributed by atoms with van der Waals surface area (Å²) in [6, 6.07) is 7.42. The summed E-state index contributed by atoms with van der Waals surface area (Å²) < 4.78 is 28.2. The van der Waals surface area contributed by atoms with Crippen molar-refractivity contribution >= 4 is 64.2 Å². The summed E-state index contributed by atoms with van der Waals surface area (Å²) in [5.41, 5.74) is -0.0428. The van der Waals surface area contributed by atoms with Crippen LogP contribution in [0.4, 0.5) is 19.3 Å². The minimum absolute atomic E-state index is 0.0461. The van der Waals surface area contributed by atoms with Gasteiger partial charge in [0.15, 0.2) is 0 Å². The molecule has 2 N–H and O–H groups in total. The molecule has 1 aromatic heterocycles. The van der Waals surface area contributed by atoms with Gasteiger partial charge in [-0.25, -0.2) is 4.79 Å². The van der Waals surface area contributed by atoms with Crippen LogP contribution in [0.2, 0.25) is 10.0 Å². The summed E-state index contributed by atoms with van der Waals surface area (Å²) in [5, 5.41) is 7.64.